The molecule has 2 aromatic heterocycles. The Balaban J connectivity index is 1.07. The van der Waals surface area contributed by atoms with Crippen LogP contribution < -0.4 is 20.5 Å². The number of nitrogen functional groups attached to an aromatic ring is 1. The van der Waals surface area contributed by atoms with Crippen molar-refractivity contribution in [1.82, 2.24) is 34.9 Å². The Morgan fingerprint density at radius 1 is 0.821 bits per heavy atom. The van der Waals surface area contributed by atoms with Crippen LogP contribution in [0.3, 0.4) is 0 Å². The smallest absolute Gasteiger partial charge is 0.164 e. The number of piperidine rings is 1. The molecule has 202 valence electrons. The second kappa shape index (κ2) is 10.1. The number of methoxy groups -OCH3 is 1. The molecule has 3 N–H and O–H groups in total. The maximum atomic E-state index is 6.38. The maximum Gasteiger partial charge on any atom is 0.164 e. The highest BCUT2D eigenvalue weighted by atomic mass is 16.5. The number of aromatic nitrogens is 4. The minimum Gasteiger partial charge on any atom is -0.497 e. The zero-order valence-electron chi connectivity index (χ0n) is 22.2. The number of benzene rings is 2. The number of nitrogens with two attached hydrogens (primary N) is 1. The largest absolute Gasteiger partial charge is 0.497 e. The summed E-state index contributed by atoms with van der Waals surface area (Å²) < 4.78 is 13.3. The highest BCUT2D eigenvalue weighted by Crippen LogP contribution is 2.36. The van der Waals surface area contributed by atoms with Crippen molar-refractivity contribution in [3.8, 4) is 28.5 Å². The van der Waals surface area contributed by atoms with Gasteiger partial charge in [0.1, 0.15) is 35.1 Å². The zero-order chi connectivity index (χ0) is 26.3. The minimum absolute atomic E-state index is 0.288. The van der Waals surface area contributed by atoms with Crippen LogP contribution in [0.5, 0.6) is 17.2 Å². The monoisotopic (exact) mass is 526 g/mol. The molecule has 0 saturated carbocycles. The summed E-state index contributed by atoms with van der Waals surface area (Å²) in [6.45, 7) is 6.86. The van der Waals surface area contributed by atoms with Crippen molar-refractivity contribution >= 4 is 16.9 Å². The van der Waals surface area contributed by atoms with Gasteiger partial charge in [-0.1, -0.05) is 0 Å². The van der Waals surface area contributed by atoms with Gasteiger partial charge in [-0.15, -0.1) is 0 Å². The predicted octanol–water partition coefficient (Wildman–Crippen LogP) is 3.17. The Labute approximate surface area is 227 Å². The molecule has 0 amide bonds. The standard InChI is InChI=1S/C29H34N8O2/c1-38-23-6-8-25(9-7-23)39-24-4-2-19(3-5-24)27-26-28(30)32-18-33-29(26)37(34-27)20-10-12-35(13-11-20)22-16-36(17-22)21-14-31-15-21/h2-9,18,20-22,31H,10-17H2,1H3,(H2,30,32,33). The van der Waals surface area contributed by atoms with Crippen molar-refractivity contribution in [3.05, 3.63) is 54.9 Å². The molecule has 0 radical (unpaired) electrons. The summed E-state index contributed by atoms with van der Waals surface area (Å²) in [5, 5.41) is 9.28. The van der Waals surface area contributed by atoms with E-state index in [4.69, 9.17) is 20.3 Å². The van der Waals surface area contributed by atoms with Crippen molar-refractivity contribution in [3.63, 3.8) is 0 Å². The second-order valence-corrected chi connectivity index (χ2v) is 10.7. The van der Waals surface area contributed by atoms with Gasteiger partial charge >= 0.3 is 0 Å². The Morgan fingerprint density at radius 3 is 2.13 bits per heavy atom. The van der Waals surface area contributed by atoms with Crippen molar-refractivity contribution in [2.24, 2.45) is 0 Å². The van der Waals surface area contributed by atoms with E-state index in [1.54, 1.807) is 13.4 Å². The number of likely N-dealkylation sites (tertiary alicyclic amines) is 2. The molecular formula is C29H34N8O2. The molecule has 4 aromatic rings. The number of nitrogens with zero attached hydrogens (tertiary/aromatic N) is 6. The average Bonchev–Trinajstić information content (AvgIpc) is 3.31. The highest BCUT2D eigenvalue weighted by Gasteiger charge is 2.39. The van der Waals surface area contributed by atoms with E-state index in [1.807, 2.05) is 48.5 Å². The van der Waals surface area contributed by atoms with Crippen LogP contribution in [0.2, 0.25) is 0 Å². The first kappa shape index (κ1) is 24.3. The quantitative estimate of drug-likeness (QED) is 0.376. The number of ether oxygens (including phenoxy) is 2. The van der Waals surface area contributed by atoms with Crippen LogP contribution in [0, 0.1) is 0 Å². The molecule has 3 saturated heterocycles. The lowest BCUT2D eigenvalue weighted by Gasteiger charge is -2.52. The van der Waals surface area contributed by atoms with Crippen LogP contribution in [-0.2, 0) is 0 Å². The topological polar surface area (TPSA) is 107 Å². The van der Waals surface area contributed by atoms with Crippen LogP contribution >= 0.6 is 0 Å². The number of fused-ring (bicyclic) bond motifs is 1. The molecule has 7 rings (SSSR count). The average molecular weight is 527 g/mol. The molecule has 2 aromatic carbocycles. The molecule has 0 aliphatic carbocycles. The van der Waals surface area contributed by atoms with E-state index in [2.05, 4.69) is 29.8 Å². The summed E-state index contributed by atoms with van der Waals surface area (Å²) in [6, 6.07) is 17.2. The third kappa shape index (κ3) is 4.58. The number of rotatable bonds is 7. The van der Waals surface area contributed by atoms with Gasteiger partial charge in [-0.05, 0) is 61.4 Å². The summed E-state index contributed by atoms with van der Waals surface area (Å²) in [6.07, 6.45) is 3.64. The molecule has 5 heterocycles. The normalized spacial score (nSPS) is 19.6. The van der Waals surface area contributed by atoms with Gasteiger partial charge in [0.25, 0.3) is 0 Å². The second-order valence-electron chi connectivity index (χ2n) is 10.7. The zero-order valence-corrected chi connectivity index (χ0v) is 22.2. The van der Waals surface area contributed by atoms with Gasteiger partial charge < -0.3 is 20.5 Å². The van der Waals surface area contributed by atoms with Crippen LogP contribution in [0.4, 0.5) is 5.82 Å². The number of hydrogen-bond donors (Lipinski definition) is 2. The molecule has 0 atom stereocenters. The fourth-order valence-corrected chi connectivity index (χ4v) is 5.96. The number of hydrogen-bond acceptors (Lipinski definition) is 9. The molecule has 39 heavy (non-hydrogen) atoms. The predicted molar refractivity (Wildman–Crippen MR) is 150 cm³/mol. The van der Waals surface area contributed by atoms with Crippen LogP contribution in [0.15, 0.2) is 54.9 Å². The lowest BCUT2D eigenvalue weighted by molar-refractivity contribution is -0.0217. The first-order valence-corrected chi connectivity index (χ1v) is 13.8. The molecular weight excluding hydrogens is 492 g/mol. The molecule has 0 bridgehead atoms. The highest BCUT2D eigenvalue weighted by molar-refractivity contribution is 5.98. The first-order valence-electron chi connectivity index (χ1n) is 13.8. The molecule has 3 aliphatic heterocycles. The van der Waals surface area contributed by atoms with E-state index >= 15 is 0 Å². The molecule has 0 spiro atoms. The van der Waals surface area contributed by atoms with Crippen molar-refractivity contribution in [1.29, 1.82) is 0 Å². The first-order chi connectivity index (χ1) is 19.2. The molecule has 10 heteroatoms. The van der Waals surface area contributed by atoms with Gasteiger partial charge in [-0.3, -0.25) is 9.80 Å². The Hall–Kier alpha value is -3.73. The number of anilines is 1. The summed E-state index contributed by atoms with van der Waals surface area (Å²) in [4.78, 5) is 14.2. The van der Waals surface area contributed by atoms with Crippen molar-refractivity contribution < 1.29 is 9.47 Å². The molecule has 3 fully saturated rings. The summed E-state index contributed by atoms with van der Waals surface area (Å²) in [5.74, 6) is 2.74. The van der Waals surface area contributed by atoms with Gasteiger partial charge in [0.2, 0.25) is 0 Å². The third-order valence-electron chi connectivity index (χ3n) is 8.47. The molecule has 0 unspecified atom stereocenters. The maximum absolute atomic E-state index is 6.38. The lowest BCUT2D eigenvalue weighted by Crippen LogP contribution is -2.69. The summed E-state index contributed by atoms with van der Waals surface area (Å²) in [5.41, 5.74) is 8.95. The molecule has 3 aliphatic rings. The van der Waals surface area contributed by atoms with Gasteiger partial charge in [0, 0.05) is 56.9 Å². The fourth-order valence-electron chi connectivity index (χ4n) is 5.96. The van der Waals surface area contributed by atoms with Gasteiger partial charge in [0.05, 0.1) is 18.5 Å². The summed E-state index contributed by atoms with van der Waals surface area (Å²) >= 11 is 0. The Bertz CT molecular complexity index is 1440. The minimum atomic E-state index is 0.288. The number of nitrogens with one attached hydrogen (secondary N) is 1. The fraction of sp³-hybridized carbons (Fsp3) is 0.414. The van der Waals surface area contributed by atoms with E-state index in [9.17, 15) is 0 Å². The third-order valence-corrected chi connectivity index (χ3v) is 8.47. The van der Waals surface area contributed by atoms with Gasteiger partial charge in [-0.25, -0.2) is 14.6 Å². The van der Waals surface area contributed by atoms with Crippen LogP contribution in [-0.4, -0.2) is 88.0 Å². The van der Waals surface area contributed by atoms with E-state index in [1.165, 1.54) is 13.1 Å². The Kier molecular flexibility index (Phi) is 6.30. The van der Waals surface area contributed by atoms with E-state index < -0.39 is 0 Å². The van der Waals surface area contributed by atoms with Crippen LogP contribution in [0.1, 0.15) is 18.9 Å². The van der Waals surface area contributed by atoms with Gasteiger partial charge in [0.15, 0.2) is 5.65 Å². The summed E-state index contributed by atoms with van der Waals surface area (Å²) in [7, 11) is 1.65. The SMILES string of the molecule is COc1ccc(Oc2ccc(-c3nn(C4CCN(C5CN(C6CNC6)C5)CC4)c4ncnc(N)c34)cc2)cc1. The van der Waals surface area contributed by atoms with Crippen molar-refractivity contribution in [2.75, 3.05) is 52.1 Å². The van der Waals surface area contributed by atoms with E-state index in [0.29, 0.717) is 11.9 Å². The van der Waals surface area contributed by atoms with E-state index in [0.717, 1.165) is 84.6 Å². The van der Waals surface area contributed by atoms with E-state index in [-0.39, 0.29) is 6.04 Å². The van der Waals surface area contributed by atoms with Gasteiger partial charge in [-0.2, -0.15) is 5.10 Å². The Morgan fingerprint density at radius 2 is 1.49 bits per heavy atom. The lowest BCUT2D eigenvalue weighted by atomic mass is 9.97. The van der Waals surface area contributed by atoms with Crippen LogP contribution in [0.25, 0.3) is 22.3 Å². The molecule has 10 nitrogen and oxygen atoms in total. The van der Waals surface area contributed by atoms with Crippen molar-refractivity contribution in [2.45, 2.75) is 31.0 Å².